The van der Waals surface area contributed by atoms with E-state index in [1.54, 1.807) is 67.6 Å². The van der Waals surface area contributed by atoms with Crippen molar-refractivity contribution in [3.63, 3.8) is 0 Å². The predicted octanol–water partition coefficient (Wildman–Crippen LogP) is 6.92. The molecule has 0 saturated heterocycles. The minimum absolute atomic E-state index is 0.171. The van der Waals surface area contributed by atoms with Crippen LogP contribution < -0.4 is 14.8 Å². The van der Waals surface area contributed by atoms with Crippen LogP contribution >= 0.6 is 35.1 Å². The molecule has 0 bridgehead atoms. The van der Waals surface area contributed by atoms with Crippen molar-refractivity contribution in [3.05, 3.63) is 82.4 Å². The van der Waals surface area contributed by atoms with E-state index in [1.807, 2.05) is 0 Å². The van der Waals surface area contributed by atoms with Crippen LogP contribution in [0.15, 0.2) is 60.7 Å². The molecule has 0 radical (unpaired) electrons. The normalized spacial score (nSPS) is 10.5. The zero-order valence-electron chi connectivity index (χ0n) is 20.0. The Hall–Kier alpha value is -3.47. The monoisotopic (exact) mass is 557 g/mol. The minimum Gasteiger partial charge on any atom is -0.493 e. The summed E-state index contributed by atoms with van der Waals surface area (Å²) in [7, 11) is 1.49. The largest absolute Gasteiger partial charge is 0.493 e. The highest BCUT2D eigenvalue weighted by Crippen LogP contribution is 2.37. The van der Waals surface area contributed by atoms with Gasteiger partial charge in [-0.2, -0.15) is 0 Å². The Labute approximate surface area is 227 Å². The number of halogens is 1. The number of rotatable bonds is 9. The zero-order chi connectivity index (χ0) is 26.9. The van der Waals surface area contributed by atoms with E-state index in [1.165, 1.54) is 18.9 Å². The van der Waals surface area contributed by atoms with Crippen molar-refractivity contribution in [2.24, 2.45) is 0 Å². The molecule has 0 aliphatic rings. The average molecular weight is 558 g/mol. The fraction of sp³-hybridized carbons (Fsp3) is 0.154. The molecule has 192 valence electrons. The molecule has 0 saturated carbocycles. The van der Waals surface area contributed by atoms with E-state index in [9.17, 15) is 9.59 Å². The summed E-state index contributed by atoms with van der Waals surface area (Å²) in [6, 6.07) is 16.6. The number of ether oxygens (including phenoxy) is 2. The van der Waals surface area contributed by atoms with Gasteiger partial charge in [0.25, 0.3) is 5.91 Å². The minimum atomic E-state index is -0.966. The SMILES string of the molecule is COc1ccc(CC(=O)O)cc1Oc1ccc(NC(=O)c2ccc(Cl)cc2)cc1CSC(=N)SC(C)=N. The molecular weight excluding hydrogens is 534 g/mol. The van der Waals surface area contributed by atoms with Crippen LogP contribution in [0.3, 0.4) is 0 Å². The third-order valence-electron chi connectivity index (χ3n) is 4.83. The number of carbonyl (C=O) groups is 2. The lowest BCUT2D eigenvalue weighted by Gasteiger charge is -2.16. The van der Waals surface area contributed by atoms with E-state index in [2.05, 4.69) is 5.32 Å². The Bertz CT molecular complexity index is 1330. The molecule has 3 aromatic rings. The zero-order valence-corrected chi connectivity index (χ0v) is 22.4. The smallest absolute Gasteiger partial charge is 0.307 e. The highest BCUT2D eigenvalue weighted by atomic mass is 35.5. The van der Waals surface area contributed by atoms with Crippen molar-refractivity contribution in [1.82, 2.24) is 0 Å². The summed E-state index contributed by atoms with van der Waals surface area (Å²) in [6.45, 7) is 1.61. The second-order valence-electron chi connectivity index (χ2n) is 7.68. The van der Waals surface area contributed by atoms with Gasteiger partial charge in [0, 0.05) is 27.6 Å². The second-order valence-corrected chi connectivity index (χ2v) is 10.6. The van der Waals surface area contributed by atoms with Crippen LogP contribution in [0.5, 0.6) is 17.2 Å². The molecule has 11 heteroatoms. The summed E-state index contributed by atoms with van der Waals surface area (Å²) >= 11 is 8.17. The van der Waals surface area contributed by atoms with Gasteiger partial charge >= 0.3 is 5.97 Å². The number of carboxylic acid groups (broad SMARTS) is 1. The number of benzene rings is 3. The summed E-state index contributed by atoms with van der Waals surface area (Å²) in [5.74, 6) is 0.269. The van der Waals surface area contributed by atoms with Crippen molar-refractivity contribution < 1.29 is 24.2 Å². The first-order valence-electron chi connectivity index (χ1n) is 10.9. The Morgan fingerprint density at radius 2 is 1.70 bits per heavy atom. The van der Waals surface area contributed by atoms with Gasteiger partial charge in [-0.25, -0.2) is 0 Å². The molecule has 37 heavy (non-hydrogen) atoms. The molecule has 0 unspecified atom stereocenters. The number of carbonyl (C=O) groups excluding carboxylic acids is 1. The van der Waals surface area contributed by atoms with Crippen LogP contribution in [0.4, 0.5) is 5.69 Å². The van der Waals surface area contributed by atoms with E-state index in [-0.39, 0.29) is 16.7 Å². The lowest BCUT2D eigenvalue weighted by atomic mass is 10.1. The highest BCUT2D eigenvalue weighted by molar-refractivity contribution is 8.44. The quantitative estimate of drug-likeness (QED) is 0.166. The van der Waals surface area contributed by atoms with Gasteiger partial charge in [0.1, 0.15) is 10.1 Å². The van der Waals surface area contributed by atoms with E-state index < -0.39 is 5.97 Å². The van der Waals surface area contributed by atoms with Crippen LogP contribution in [-0.4, -0.2) is 33.5 Å². The maximum Gasteiger partial charge on any atom is 0.307 e. The third kappa shape index (κ3) is 8.56. The Balaban J connectivity index is 1.90. The maximum atomic E-state index is 12.7. The fourth-order valence-corrected chi connectivity index (χ4v) is 4.89. The second kappa shape index (κ2) is 13.2. The van der Waals surface area contributed by atoms with Crippen LogP contribution in [0.2, 0.25) is 5.02 Å². The lowest BCUT2D eigenvalue weighted by Crippen LogP contribution is -2.12. The van der Waals surface area contributed by atoms with Gasteiger partial charge in [0.05, 0.1) is 18.6 Å². The number of aliphatic carboxylic acids is 1. The van der Waals surface area contributed by atoms with Crippen LogP contribution in [0, 0.1) is 10.8 Å². The Morgan fingerprint density at radius 3 is 2.35 bits per heavy atom. The van der Waals surface area contributed by atoms with Gasteiger partial charge in [-0.3, -0.25) is 20.4 Å². The molecule has 0 fully saturated rings. The summed E-state index contributed by atoms with van der Waals surface area (Å²) in [5.41, 5.74) is 2.19. The summed E-state index contributed by atoms with van der Waals surface area (Å²) in [5, 5.41) is 28.5. The highest BCUT2D eigenvalue weighted by Gasteiger charge is 2.15. The average Bonchev–Trinajstić information content (AvgIpc) is 2.84. The number of carboxylic acids is 1. The van der Waals surface area contributed by atoms with Gasteiger partial charge < -0.3 is 19.9 Å². The first kappa shape index (κ1) is 28.1. The van der Waals surface area contributed by atoms with Crippen LogP contribution in [-0.2, 0) is 17.0 Å². The number of thioether (sulfide) groups is 2. The van der Waals surface area contributed by atoms with E-state index in [4.69, 9.17) is 37.0 Å². The van der Waals surface area contributed by atoms with Crippen molar-refractivity contribution in [2.75, 3.05) is 12.4 Å². The molecule has 0 spiro atoms. The first-order valence-corrected chi connectivity index (χ1v) is 13.0. The van der Waals surface area contributed by atoms with Gasteiger partial charge in [-0.05, 0) is 78.8 Å². The molecular formula is C26H24ClN3O5S2. The number of amides is 1. The first-order chi connectivity index (χ1) is 17.6. The fourth-order valence-electron chi connectivity index (χ4n) is 3.19. The van der Waals surface area contributed by atoms with E-state index in [0.717, 1.165) is 11.8 Å². The van der Waals surface area contributed by atoms with Crippen molar-refractivity contribution in [1.29, 1.82) is 10.8 Å². The van der Waals surface area contributed by atoms with Gasteiger partial charge in [-0.1, -0.05) is 29.4 Å². The molecule has 4 N–H and O–H groups in total. The van der Waals surface area contributed by atoms with E-state index in [0.29, 0.717) is 55.4 Å². The van der Waals surface area contributed by atoms with Crippen molar-refractivity contribution >= 4 is 62.1 Å². The number of nitrogens with one attached hydrogen (secondary N) is 3. The maximum absolute atomic E-state index is 12.7. The molecule has 0 aromatic heterocycles. The molecule has 1 amide bonds. The lowest BCUT2D eigenvalue weighted by molar-refractivity contribution is -0.136. The van der Waals surface area contributed by atoms with Crippen LogP contribution in [0.25, 0.3) is 0 Å². The standard InChI is InChI=1S/C26H24ClN3O5S2/c1-15(28)37-26(29)36-14-18-13-20(30-25(33)17-4-6-19(27)7-5-17)8-10-21(18)35-23-11-16(12-24(31)32)3-9-22(23)34-2/h3-11,13,28-29H,12,14H2,1-2H3,(H,30,33)(H,31,32). The molecule has 8 nitrogen and oxygen atoms in total. The summed E-state index contributed by atoms with van der Waals surface area (Å²) < 4.78 is 11.8. The van der Waals surface area contributed by atoms with Crippen LogP contribution in [0.1, 0.15) is 28.4 Å². The van der Waals surface area contributed by atoms with Crippen molar-refractivity contribution in [2.45, 2.75) is 19.1 Å². The number of anilines is 1. The van der Waals surface area contributed by atoms with Crippen molar-refractivity contribution in [3.8, 4) is 17.2 Å². The molecule has 0 aliphatic heterocycles. The van der Waals surface area contributed by atoms with Gasteiger partial charge in [0.2, 0.25) is 0 Å². The number of methoxy groups -OCH3 is 1. The van der Waals surface area contributed by atoms with E-state index >= 15 is 0 Å². The van der Waals surface area contributed by atoms with Gasteiger partial charge in [0.15, 0.2) is 11.5 Å². The molecule has 0 aliphatic carbocycles. The molecule has 3 rings (SSSR count). The third-order valence-corrected chi connectivity index (χ3v) is 6.90. The van der Waals surface area contributed by atoms with Gasteiger partial charge in [-0.15, -0.1) is 0 Å². The Kier molecular flexibility index (Phi) is 10.0. The molecule has 0 atom stereocenters. The Morgan fingerprint density at radius 1 is 1.00 bits per heavy atom. The molecule has 3 aromatic carbocycles. The summed E-state index contributed by atoms with van der Waals surface area (Å²) in [4.78, 5) is 23.9. The number of hydrogen-bond acceptors (Lipinski definition) is 8. The summed E-state index contributed by atoms with van der Waals surface area (Å²) in [6.07, 6.45) is -0.171. The topological polar surface area (TPSA) is 133 Å². The number of hydrogen-bond donors (Lipinski definition) is 4. The predicted molar refractivity (Wildman–Crippen MR) is 150 cm³/mol. The molecule has 0 heterocycles.